The summed E-state index contributed by atoms with van der Waals surface area (Å²) in [6, 6.07) is 7.70. The molecule has 0 bridgehead atoms. The summed E-state index contributed by atoms with van der Waals surface area (Å²) in [5.41, 5.74) is 6.67. The monoisotopic (exact) mass is 415 g/mol. The molecule has 2 rings (SSSR count). The zero-order valence-corrected chi connectivity index (χ0v) is 15.6. The molecule has 0 radical (unpaired) electrons. The molecule has 0 aliphatic carbocycles. The molecule has 2 N–H and O–H groups in total. The van der Waals surface area contributed by atoms with Crippen molar-refractivity contribution in [3.8, 4) is 0 Å². The molecule has 0 aliphatic rings. The van der Waals surface area contributed by atoms with Crippen LogP contribution in [0, 0.1) is 0 Å². The van der Waals surface area contributed by atoms with Crippen LogP contribution in [-0.2, 0) is 15.2 Å². The molecule has 0 fully saturated rings. The number of thioether (sulfide) groups is 1. The molecule has 1 heterocycles. The summed E-state index contributed by atoms with van der Waals surface area (Å²) in [7, 11) is 2.57. The minimum Gasteiger partial charge on any atom is -0.465 e. The molecule has 8 heteroatoms. The maximum Gasteiger partial charge on any atom is 0.348 e. The fourth-order valence-corrected chi connectivity index (χ4v) is 4.60. The first-order chi connectivity index (χ1) is 11.0. The van der Waals surface area contributed by atoms with E-state index in [1.54, 1.807) is 0 Å². The Hall–Kier alpha value is -1.51. The Labute approximate surface area is 150 Å². The summed E-state index contributed by atoms with van der Waals surface area (Å²) >= 11 is 5.99. The lowest BCUT2D eigenvalue weighted by Crippen LogP contribution is -2.08. The van der Waals surface area contributed by atoms with E-state index in [-0.39, 0.29) is 10.6 Å². The van der Waals surface area contributed by atoms with E-state index in [1.165, 1.54) is 26.0 Å². The third kappa shape index (κ3) is 3.88. The van der Waals surface area contributed by atoms with E-state index in [9.17, 15) is 9.59 Å². The van der Waals surface area contributed by atoms with Gasteiger partial charge in [-0.3, -0.25) is 0 Å². The van der Waals surface area contributed by atoms with E-state index < -0.39 is 11.9 Å². The first kappa shape index (κ1) is 17.8. The van der Waals surface area contributed by atoms with Crippen LogP contribution in [0.5, 0.6) is 0 Å². The van der Waals surface area contributed by atoms with Crippen LogP contribution in [0.2, 0.25) is 0 Å². The van der Waals surface area contributed by atoms with Crippen LogP contribution >= 0.6 is 39.0 Å². The number of rotatable bonds is 5. The van der Waals surface area contributed by atoms with Crippen molar-refractivity contribution >= 4 is 56.0 Å². The molecule has 5 nitrogen and oxygen atoms in total. The second-order valence-electron chi connectivity index (χ2n) is 4.35. The summed E-state index contributed by atoms with van der Waals surface area (Å²) in [5.74, 6) is -0.679. The normalized spacial score (nSPS) is 10.4. The highest BCUT2D eigenvalue weighted by molar-refractivity contribution is 9.10. The van der Waals surface area contributed by atoms with Gasteiger partial charge in [0.05, 0.1) is 19.8 Å². The number of carbonyl (C=O) groups is 2. The highest BCUT2D eigenvalue weighted by atomic mass is 79.9. The van der Waals surface area contributed by atoms with Gasteiger partial charge < -0.3 is 15.2 Å². The number of thiophene rings is 1. The first-order valence-electron chi connectivity index (χ1n) is 6.44. The van der Waals surface area contributed by atoms with Crippen molar-refractivity contribution in [1.82, 2.24) is 0 Å². The van der Waals surface area contributed by atoms with Crippen LogP contribution < -0.4 is 5.73 Å². The Morgan fingerprint density at radius 1 is 1.22 bits per heavy atom. The topological polar surface area (TPSA) is 78.6 Å². The number of nitrogen functional groups attached to an aromatic ring is 1. The lowest BCUT2D eigenvalue weighted by Gasteiger charge is -2.07. The molecular formula is C15H14BrNO4S2. The predicted octanol–water partition coefficient (Wildman–Crippen LogP) is 3.96. The van der Waals surface area contributed by atoms with Gasteiger partial charge in [-0.1, -0.05) is 12.1 Å². The van der Waals surface area contributed by atoms with E-state index in [2.05, 4.69) is 15.9 Å². The first-order valence-corrected chi connectivity index (χ1v) is 9.04. The number of benzene rings is 1. The number of nitrogens with two attached hydrogens (primary N) is 1. The van der Waals surface area contributed by atoms with Gasteiger partial charge in [-0.25, -0.2) is 9.59 Å². The Kier molecular flexibility index (Phi) is 6.09. The fraction of sp³-hybridized carbons (Fsp3) is 0.200. The largest absolute Gasteiger partial charge is 0.465 e. The van der Waals surface area contributed by atoms with Crippen molar-refractivity contribution in [2.75, 3.05) is 20.0 Å². The van der Waals surface area contributed by atoms with E-state index >= 15 is 0 Å². The van der Waals surface area contributed by atoms with Crippen LogP contribution in [0.3, 0.4) is 0 Å². The minimum absolute atomic E-state index is 0.234. The van der Waals surface area contributed by atoms with Crippen LogP contribution in [0.4, 0.5) is 5.00 Å². The SMILES string of the molecule is COC(=O)c1sc(N)c(C(=O)OC)c1CSc1ccccc1Br. The van der Waals surface area contributed by atoms with Gasteiger partial charge >= 0.3 is 11.9 Å². The highest BCUT2D eigenvalue weighted by Crippen LogP contribution is 2.38. The minimum atomic E-state index is -0.559. The molecule has 0 aliphatic heterocycles. The number of hydrogen-bond donors (Lipinski definition) is 1. The Morgan fingerprint density at radius 3 is 2.48 bits per heavy atom. The smallest absolute Gasteiger partial charge is 0.348 e. The number of anilines is 1. The van der Waals surface area contributed by atoms with Gasteiger partial charge in [-0.2, -0.15) is 0 Å². The summed E-state index contributed by atoms with van der Waals surface area (Å²) < 4.78 is 10.5. The maximum atomic E-state index is 12.0. The molecule has 0 atom stereocenters. The van der Waals surface area contributed by atoms with Gasteiger partial charge in [0.1, 0.15) is 9.88 Å². The number of halogens is 1. The van der Waals surface area contributed by atoms with E-state index in [0.717, 1.165) is 20.7 Å². The van der Waals surface area contributed by atoms with Crippen molar-refractivity contribution < 1.29 is 19.1 Å². The predicted molar refractivity (Wildman–Crippen MR) is 95.1 cm³/mol. The summed E-state index contributed by atoms with van der Waals surface area (Å²) in [4.78, 5) is 25.3. The Morgan fingerprint density at radius 2 is 1.87 bits per heavy atom. The van der Waals surface area contributed by atoms with Gasteiger partial charge in [-0.05, 0) is 28.1 Å². The molecule has 0 amide bonds. The van der Waals surface area contributed by atoms with Gasteiger partial charge in [0.25, 0.3) is 0 Å². The molecule has 0 saturated heterocycles. The molecule has 1 aromatic carbocycles. The van der Waals surface area contributed by atoms with Gasteiger partial charge in [0.15, 0.2) is 0 Å². The van der Waals surface area contributed by atoms with Crippen LogP contribution in [-0.4, -0.2) is 26.2 Å². The highest BCUT2D eigenvalue weighted by Gasteiger charge is 2.27. The van der Waals surface area contributed by atoms with E-state index in [1.807, 2.05) is 24.3 Å². The zero-order valence-electron chi connectivity index (χ0n) is 12.4. The lowest BCUT2D eigenvalue weighted by molar-refractivity contribution is 0.0601. The van der Waals surface area contributed by atoms with Crippen LogP contribution in [0.25, 0.3) is 0 Å². The summed E-state index contributed by atoms with van der Waals surface area (Å²) in [6.07, 6.45) is 0. The molecule has 2 aromatic rings. The quantitative estimate of drug-likeness (QED) is 0.587. The van der Waals surface area contributed by atoms with Crippen molar-refractivity contribution in [3.05, 3.63) is 44.7 Å². The zero-order chi connectivity index (χ0) is 17.0. The Bertz CT molecular complexity index is 745. The molecule has 122 valence electrons. The maximum absolute atomic E-state index is 12.0. The van der Waals surface area contributed by atoms with Crippen molar-refractivity contribution in [3.63, 3.8) is 0 Å². The van der Waals surface area contributed by atoms with Gasteiger partial charge in [0.2, 0.25) is 0 Å². The van der Waals surface area contributed by atoms with Gasteiger partial charge in [0, 0.05) is 20.7 Å². The molecule has 0 unspecified atom stereocenters. The van der Waals surface area contributed by atoms with Crippen molar-refractivity contribution in [2.45, 2.75) is 10.6 Å². The molecule has 23 heavy (non-hydrogen) atoms. The number of carbonyl (C=O) groups excluding carboxylic acids is 2. The second kappa shape index (κ2) is 7.85. The van der Waals surface area contributed by atoms with Crippen molar-refractivity contribution in [2.24, 2.45) is 0 Å². The third-order valence-electron chi connectivity index (χ3n) is 3.00. The van der Waals surface area contributed by atoms with Gasteiger partial charge in [-0.15, -0.1) is 23.1 Å². The average molecular weight is 416 g/mol. The second-order valence-corrected chi connectivity index (χ2v) is 7.27. The number of methoxy groups -OCH3 is 2. The molecule has 1 aromatic heterocycles. The summed E-state index contributed by atoms with van der Waals surface area (Å²) in [5, 5.41) is 0.250. The van der Waals surface area contributed by atoms with Crippen molar-refractivity contribution in [1.29, 1.82) is 0 Å². The van der Waals surface area contributed by atoms with E-state index in [0.29, 0.717) is 16.2 Å². The molecular weight excluding hydrogens is 402 g/mol. The number of esters is 2. The van der Waals surface area contributed by atoms with E-state index in [4.69, 9.17) is 15.2 Å². The third-order valence-corrected chi connectivity index (χ3v) is 6.10. The standard InChI is InChI=1S/C15H14BrNO4S2/c1-20-14(18)11-8(12(15(19)21-2)23-13(11)17)7-22-10-6-4-3-5-9(10)16/h3-6H,7,17H2,1-2H3. The summed E-state index contributed by atoms with van der Waals surface area (Å²) in [6.45, 7) is 0. The molecule has 0 saturated carbocycles. The Balaban J connectivity index is 2.40. The average Bonchev–Trinajstić information content (AvgIpc) is 2.89. The van der Waals surface area contributed by atoms with Crippen LogP contribution in [0.1, 0.15) is 25.6 Å². The number of ether oxygens (including phenoxy) is 2. The lowest BCUT2D eigenvalue weighted by atomic mass is 10.1. The number of hydrogen-bond acceptors (Lipinski definition) is 7. The molecule has 0 spiro atoms. The van der Waals surface area contributed by atoms with Crippen LogP contribution in [0.15, 0.2) is 33.6 Å². The fourth-order valence-electron chi connectivity index (χ4n) is 1.92.